The first-order valence-corrected chi connectivity index (χ1v) is 8.64. The van der Waals surface area contributed by atoms with Gasteiger partial charge in [0.15, 0.2) is 5.13 Å². The van der Waals surface area contributed by atoms with Gasteiger partial charge in [-0.3, -0.25) is 9.59 Å². The van der Waals surface area contributed by atoms with Crippen molar-refractivity contribution in [2.75, 3.05) is 31.1 Å². The quantitative estimate of drug-likeness (QED) is 0.643. The molecule has 1 saturated heterocycles. The van der Waals surface area contributed by atoms with Crippen molar-refractivity contribution in [1.82, 2.24) is 9.88 Å². The van der Waals surface area contributed by atoms with Gasteiger partial charge >= 0.3 is 0 Å². The predicted octanol–water partition coefficient (Wildman–Crippen LogP) is 0.537. The molecule has 0 unspecified atom stereocenters. The van der Waals surface area contributed by atoms with Crippen LogP contribution in [0.3, 0.4) is 0 Å². The van der Waals surface area contributed by atoms with Gasteiger partial charge in [0.2, 0.25) is 5.91 Å². The predicted molar refractivity (Wildman–Crippen MR) is 100 cm³/mol. The molecule has 0 aliphatic carbocycles. The van der Waals surface area contributed by atoms with Crippen LogP contribution in [-0.4, -0.2) is 55.7 Å². The lowest BCUT2D eigenvalue weighted by Crippen LogP contribution is -2.48. The SMILES string of the molecule is [B]c1ccc(-c2nc(N3CCN(C(=O)C=C)CC3)sc2C(N)=O)cc1. The number of piperazine rings is 1. The van der Waals surface area contributed by atoms with Crippen LogP contribution in [-0.2, 0) is 4.79 Å². The zero-order valence-electron chi connectivity index (χ0n) is 13.6. The maximum absolute atomic E-state index is 11.8. The van der Waals surface area contributed by atoms with Gasteiger partial charge < -0.3 is 15.5 Å². The van der Waals surface area contributed by atoms with Gasteiger partial charge in [-0.2, -0.15) is 0 Å². The van der Waals surface area contributed by atoms with Crippen molar-refractivity contribution in [2.24, 2.45) is 5.73 Å². The lowest BCUT2D eigenvalue weighted by molar-refractivity contribution is -0.126. The van der Waals surface area contributed by atoms with Crippen LogP contribution in [0.25, 0.3) is 11.3 Å². The third-order valence-corrected chi connectivity index (χ3v) is 5.19. The third kappa shape index (κ3) is 3.58. The van der Waals surface area contributed by atoms with Crippen molar-refractivity contribution in [1.29, 1.82) is 0 Å². The summed E-state index contributed by atoms with van der Waals surface area (Å²) in [6.45, 7) is 5.98. The average molecular weight is 352 g/mol. The molecule has 1 aromatic heterocycles. The minimum Gasteiger partial charge on any atom is -0.365 e. The normalized spacial score (nSPS) is 14.4. The molecule has 8 heteroatoms. The number of carbonyl (C=O) groups is 2. The second-order valence-electron chi connectivity index (χ2n) is 5.68. The second-order valence-corrected chi connectivity index (χ2v) is 6.65. The number of aromatic nitrogens is 1. The first-order valence-electron chi connectivity index (χ1n) is 7.82. The van der Waals surface area contributed by atoms with Gasteiger partial charge in [0, 0.05) is 31.7 Å². The second kappa shape index (κ2) is 7.10. The smallest absolute Gasteiger partial charge is 0.261 e. The van der Waals surface area contributed by atoms with E-state index >= 15 is 0 Å². The Morgan fingerprint density at radius 2 is 1.84 bits per heavy atom. The summed E-state index contributed by atoms with van der Waals surface area (Å²) in [6.07, 6.45) is 1.32. The summed E-state index contributed by atoms with van der Waals surface area (Å²) >= 11 is 1.27. The van der Waals surface area contributed by atoms with Crippen molar-refractivity contribution in [2.45, 2.75) is 0 Å². The Balaban J connectivity index is 1.85. The topological polar surface area (TPSA) is 79.5 Å². The van der Waals surface area contributed by atoms with Gasteiger partial charge in [-0.15, -0.1) is 0 Å². The summed E-state index contributed by atoms with van der Waals surface area (Å²) in [6, 6.07) is 7.17. The molecular formula is C17H17BN4O2S. The molecular weight excluding hydrogens is 335 g/mol. The molecule has 2 amide bonds. The van der Waals surface area contributed by atoms with Gasteiger partial charge in [-0.05, 0) is 6.08 Å². The van der Waals surface area contributed by atoms with E-state index in [1.165, 1.54) is 17.4 Å². The van der Waals surface area contributed by atoms with Crippen LogP contribution in [0.2, 0.25) is 0 Å². The van der Waals surface area contributed by atoms with Crippen LogP contribution in [0, 0.1) is 0 Å². The average Bonchev–Trinajstić information content (AvgIpc) is 3.07. The molecule has 2 N–H and O–H groups in total. The van der Waals surface area contributed by atoms with Gasteiger partial charge in [0.25, 0.3) is 5.91 Å². The van der Waals surface area contributed by atoms with Gasteiger partial charge in [-0.25, -0.2) is 4.98 Å². The summed E-state index contributed by atoms with van der Waals surface area (Å²) in [5, 5.41) is 0.728. The van der Waals surface area contributed by atoms with E-state index in [1.54, 1.807) is 17.0 Å². The number of thiazole rings is 1. The molecule has 25 heavy (non-hydrogen) atoms. The molecule has 1 aliphatic heterocycles. The summed E-state index contributed by atoms with van der Waals surface area (Å²) in [5.41, 5.74) is 7.53. The molecule has 0 spiro atoms. The van der Waals surface area contributed by atoms with E-state index in [4.69, 9.17) is 13.6 Å². The third-order valence-electron chi connectivity index (χ3n) is 4.06. The monoisotopic (exact) mass is 352 g/mol. The summed E-state index contributed by atoms with van der Waals surface area (Å²) in [7, 11) is 5.72. The molecule has 2 aromatic rings. The number of hydrogen-bond donors (Lipinski definition) is 1. The Morgan fingerprint density at radius 1 is 1.20 bits per heavy atom. The summed E-state index contributed by atoms with van der Waals surface area (Å²) in [4.78, 5) is 32.3. The molecule has 3 rings (SSSR count). The van der Waals surface area contributed by atoms with Crippen LogP contribution in [0.15, 0.2) is 36.9 Å². The summed E-state index contributed by atoms with van der Waals surface area (Å²) in [5.74, 6) is -0.574. The van der Waals surface area contributed by atoms with Crippen LogP contribution in [0.4, 0.5) is 5.13 Å². The van der Waals surface area contributed by atoms with Crippen LogP contribution < -0.4 is 16.1 Å². The van der Waals surface area contributed by atoms with E-state index in [9.17, 15) is 9.59 Å². The van der Waals surface area contributed by atoms with E-state index in [0.29, 0.717) is 42.2 Å². The fraction of sp³-hybridized carbons (Fsp3) is 0.235. The van der Waals surface area contributed by atoms with E-state index in [1.807, 2.05) is 12.1 Å². The Bertz CT molecular complexity index is 811. The fourth-order valence-corrected chi connectivity index (χ4v) is 3.69. The van der Waals surface area contributed by atoms with E-state index < -0.39 is 5.91 Å². The highest BCUT2D eigenvalue weighted by Crippen LogP contribution is 2.33. The van der Waals surface area contributed by atoms with Gasteiger partial charge in [0.05, 0.1) is 5.69 Å². The molecule has 1 fully saturated rings. The molecule has 0 atom stereocenters. The molecule has 1 aliphatic rings. The molecule has 0 saturated carbocycles. The van der Waals surface area contributed by atoms with Gasteiger partial charge in [-0.1, -0.05) is 47.6 Å². The number of primary amides is 1. The molecule has 2 heterocycles. The standard InChI is InChI=1S/C17H17BN4O2S/c1-2-13(23)21-7-9-22(10-8-21)17-20-14(15(25-17)16(19)24)11-3-5-12(18)6-4-11/h2-6H,1,7-10H2,(H2,19,24). The minimum atomic E-state index is -0.504. The number of hydrogen-bond acceptors (Lipinski definition) is 5. The van der Waals surface area contributed by atoms with Crippen molar-refractivity contribution in [3.63, 3.8) is 0 Å². The number of amides is 2. The number of benzene rings is 1. The highest BCUT2D eigenvalue weighted by atomic mass is 32.1. The van der Waals surface area contributed by atoms with Crippen molar-refractivity contribution in [3.8, 4) is 11.3 Å². The number of nitrogens with two attached hydrogens (primary N) is 1. The van der Waals surface area contributed by atoms with Crippen molar-refractivity contribution >= 4 is 41.6 Å². The van der Waals surface area contributed by atoms with E-state index in [0.717, 1.165) is 10.7 Å². The van der Waals surface area contributed by atoms with Crippen molar-refractivity contribution in [3.05, 3.63) is 41.8 Å². The molecule has 2 radical (unpaired) electrons. The Hall–Kier alpha value is -2.61. The molecule has 126 valence electrons. The largest absolute Gasteiger partial charge is 0.365 e. The minimum absolute atomic E-state index is 0.0702. The number of nitrogens with zero attached hydrogens (tertiary/aromatic N) is 3. The highest BCUT2D eigenvalue weighted by Gasteiger charge is 2.24. The van der Waals surface area contributed by atoms with Crippen LogP contribution >= 0.6 is 11.3 Å². The highest BCUT2D eigenvalue weighted by molar-refractivity contribution is 7.18. The first-order chi connectivity index (χ1) is 12.0. The van der Waals surface area contributed by atoms with E-state index in [-0.39, 0.29) is 5.91 Å². The Kier molecular flexibility index (Phi) is 4.89. The Morgan fingerprint density at radius 3 is 2.40 bits per heavy atom. The van der Waals surface area contributed by atoms with Crippen LogP contribution in [0.5, 0.6) is 0 Å². The summed E-state index contributed by atoms with van der Waals surface area (Å²) < 4.78 is 0. The number of carbonyl (C=O) groups excluding carboxylic acids is 2. The lowest BCUT2D eigenvalue weighted by atomic mass is 9.94. The van der Waals surface area contributed by atoms with Crippen molar-refractivity contribution < 1.29 is 9.59 Å². The zero-order chi connectivity index (χ0) is 18.0. The van der Waals surface area contributed by atoms with Gasteiger partial charge in [0.1, 0.15) is 12.7 Å². The zero-order valence-corrected chi connectivity index (χ0v) is 14.5. The first kappa shape index (κ1) is 17.2. The fourth-order valence-electron chi connectivity index (χ4n) is 2.69. The lowest BCUT2D eigenvalue weighted by Gasteiger charge is -2.34. The molecule has 0 bridgehead atoms. The maximum Gasteiger partial charge on any atom is 0.261 e. The Labute approximate surface area is 151 Å². The number of anilines is 1. The maximum atomic E-state index is 11.8. The number of rotatable bonds is 4. The van der Waals surface area contributed by atoms with Crippen LogP contribution in [0.1, 0.15) is 9.67 Å². The molecule has 1 aromatic carbocycles. The molecule has 6 nitrogen and oxygen atoms in total. The van der Waals surface area contributed by atoms with E-state index in [2.05, 4.69) is 16.5 Å².